The number of benzene rings is 1. The molecule has 6 heteroatoms. The van der Waals surface area contributed by atoms with Crippen LogP contribution in [0.5, 0.6) is 0 Å². The van der Waals surface area contributed by atoms with E-state index >= 15 is 0 Å². The van der Waals surface area contributed by atoms with E-state index in [1.165, 1.54) is 0 Å². The minimum Gasteiger partial charge on any atom is -0.372 e. The van der Waals surface area contributed by atoms with Gasteiger partial charge in [0.15, 0.2) is 0 Å². The molecule has 1 aromatic carbocycles. The Morgan fingerprint density at radius 1 is 1.21 bits per heavy atom. The molecule has 1 N–H and O–H groups in total. The van der Waals surface area contributed by atoms with Crippen LogP contribution in [0, 0.1) is 18.3 Å². The molecule has 1 amide bonds. The fraction of sp³-hybridized carbons (Fsp3) is 0.478. The van der Waals surface area contributed by atoms with Gasteiger partial charge in [-0.3, -0.25) is 9.78 Å². The van der Waals surface area contributed by atoms with E-state index in [0.29, 0.717) is 17.7 Å². The second-order valence-electron chi connectivity index (χ2n) is 8.18. The molecule has 1 heterocycles. The van der Waals surface area contributed by atoms with Crippen molar-refractivity contribution in [1.82, 2.24) is 15.3 Å². The highest BCUT2D eigenvalue weighted by molar-refractivity contribution is 5.92. The number of nitrogens with zero attached hydrogens (tertiary/aromatic N) is 4. The number of hydrogen-bond acceptors (Lipinski definition) is 5. The van der Waals surface area contributed by atoms with Crippen LogP contribution in [0.3, 0.4) is 0 Å². The number of hydrogen-bond donors (Lipinski definition) is 1. The molecule has 0 spiro atoms. The van der Waals surface area contributed by atoms with Crippen molar-refractivity contribution in [2.45, 2.75) is 64.5 Å². The quantitative estimate of drug-likeness (QED) is 0.834. The maximum Gasteiger partial charge on any atom is 0.271 e. The molecule has 2 aromatic rings. The van der Waals surface area contributed by atoms with Crippen molar-refractivity contribution in [3.05, 3.63) is 53.1 Å². The molecule has 1 saturated carbocycles. The third-order valence-corrected chi connectivity index (χ3v) is 5.81. The molecule has 6 nitrogen and oxygen atoms in total. The van der Waals surface area contributed by atoms with Gasteiger partial charge in [0, 0.05) is 31.0 Å². The van der Waals surface area contributed by atoms with Gasteiger partial charge in [-0.25, -0.2) is 4.98 Å². The van der Waals surface area contributed by atoms with Gasteiger partial charge in [-0.05, 0) is 62.3 Å². The summed E-state index contributed by atoms with van der Waals surface area (Å²) in [5.74, 6) is 0.152. The van der Waals surface area contributed by atoms with Gasteiger partial charge >= 0.3 is 0 Å². The molecule has 0 unspecified atom stereocenters. The normalized spacial score (nSPS) is 18.9. The summed E-state index contributed by atoms with van der Waals surface area (Å²) in [5.41, 5.74) is 4.12. The summed E-state index contributed by atoms with van der Waals surface area (Å²) >= 11 is 0. The highest BCUT2D eigenvalue weighted by Crippen LogP contribution is 2.28. The zero-order valence-electron chi connectivity index (χ0n) is 17.6. The third-order valence-electron chi connectivity index (χ3n) is 5.81. The Balaban J connectivity index is 1.54. The Hall–Kier alpha value is -2.94. The van der Waals surface area contributed by atoms with Gasteiger partial charge in [-0.2, -0.15) is 5.26 Å². The number of rotatable bonds is 5. The Kier molecular flexibility index (Phi) is 6.48. The zero-order valence-corrected chi connectivity index (χ0v) is 17.6. The van der Waals surface area contributed by atoms with E-state index in [4.69, 9.17) is 5.26 Å². The zero-order chi connectivity index (χ0) is 21.0. The first-order valence-electron chi connectivity index (χ1n) is 10.3. The van der Waals surface area contributed by atoms with Gasteiger partial charge < -0.3 is 10.2 Å². The Bertz CT molecular complexity index is 892. The van der Waals surface area contributed by atoms with Crippen LogP contribution >= 0.6 is 0 Å². The molecule has 1 aliphatic carbocycles. The van der Waals surface area contributed by atoms with Gasteiger partial charge in [0.05, 0.1) is 23.5 Å². The summed E-state index contributed by atoms with van der Waals surface area (Å²) in [4.78, 5) is 23.4. The van der Waals surface area contributed by atoms with Gasteiger partial charge in [0.2, 0.25) is 0 Å². The average Bonchev–Trinajstić information content (AvgIpc) is 2.73. The topological polar surface area (TPSA) is 81.9 Å². The maximum absolute atomic E-state index is 12.5. The summed E-state index contributed by atoms with van der Waals surface area (Å²) in [6, 6.07) is 8.79. The minimum absolute atomic E-state index is 0.146. The van der Waals surface area contributed by atoms with Crippen LogP contribution in [0.25, 0.3) is 0 Å². The number of aryl methyl sites for hydroxylation is 1. The summed E-state index contributed by atoms with van der Waals surface area (Å²) in [6.45, 7) is 6.08. The van der Waals surface area contributed by atoms with Crippen LogP contribution < -0.4 is 10.2 Å². The number of carbonyl (C=O) groups is 1. The highest BCUT2D eigenvalue weighted by Gasteiger charge is 2.26. The molecule has 1 aromatic heterocycles. The van der Waals surface area contributed by atoms with E-state index in [1.54, 1.807) is 12.4 Å². The van der Waals surface area contributed by atoms with Crippen molar-refractivity contribution in [2.24, 2.45) is 0 Å². The third kappa shape index (κ3) is 4.92. The van der Waals surface area contributed by atoms with E-state index in [0.717, 1.165) is 48.2 Å². The molecule has 152 valence electrons. The number of carbonyl (C=O) groups excluding carboxylic acids is 1. The van der Waals surface area contributed by atoms with E-state index in [2.05, 4.69) is 53.2 Å². The molecule has 0 saturated heterocycles. The lowest BCUT2D eigenvalue weighted by Crippen LogP contribution is -2.43. The highest BCUT2D eigenvalue weighted by atomic mass is 16.1. The number of amides is 1. The van der Waals surface area contributed by atoms with E-state index < -0.39 is 0 Å². The number of anilines is 1. The van der Waals surface area contributed by atoms with Crippen LogP contribution in [-0.4, -0.2) is 35.0 Å². The van der Waals surface area contributed by atoms with E-state index in [9.17, 15) is 4.79 Å². The lowest BCUT2D eigenvalue weighted by molar-refractivity contribution is 0.0920. The van der Waals surface area contributed by atoms with Crippen molar-refractivity contribution in [3.8, 4) is 6.07 Å². The first-order chi connectivity index (χ1) is 13.9. The fourth-order valence-electron chi connectivity index (χ4n) is 3.82. The summed E-state index contributed by atoms with van der Waals surface area (Å²) in [5, 5.41) is 12.2. The van der Waals surface area contributed by atoms with Gasteiger partial charge in [0.1, 0.15) is 5.69 Å². The second-order valence-corrected chi connectivity index (χ2v) is 8.18. The first-order valence-corrected chi connectivity index (χ1v) is 10.3. The van der Waals surface area contributed by atoms with Gasteiger partial charge in [-0.15, -0.1) is 0 Å². The van der Waals surface area contributed by atoms with Crippen molar-refractivity contribution in [2.75, 3.05) is 11.9 Å². The number of aromatic nitrogens is 2. The molecule has 29 heavy (non-hydrogen) atoms. The number of nitrogens with one attached hydrogen (secondary N) is 1. The van der Waals surface area contributed by atoms with Crippen molar-refractivity contribution in [1.29, 1.82) is 5.26 Å². The lowest BCUT2D eigenvalue weighted by Gasteiger charge is -2.36. The Labute approximate surface area is 173 Å². The summed E-state index contributed by atoms with van der Waals surface area (Å²) in [7, 11) is 2.11. The van der Waals surface area contributed by atoms with Crippen LogP contribution in [-0.2, 0) is 0 Å². The first kappa shape index (κ1) is 20.8. The molecule has 0 bridgehead atoms. The largest absolute Gasteiger partial charge is 0.372 e. The van der Waals surface area contributed by atoms with Crippen molar-refractivity contribution >= 4 is 11.6 Å². The molecule has 0 radical (unpaired) electrons. The lowest BCUT2D eigenvalue weighted by atomic mass is 9.90. The Morgan fingerprint density at radius 3 is 2.48 bits per heavy atom. The van der Waals surface area contributed by atoms with Crippen LogP contribution in [0.15, 0.2) is 30.6 Å². The van der Waals surface area contributed by atoms with Crippen LogP contribution in [0.4, 0.5) is 5.69 Å². The standard InChI is InChI=1S/C23H29N5O/c1-15(2)21-13-26-22(14-25-21)23(29)27-18-6-9-19(10-7-18)28(4)20-8-5-17(12-24)16(3)11-20/h5,8,11,13-15,18-19H,6-7,9-10H2,1-4H3,(H,27,29). The average molecular weight is 392 g/mol. The van der Waals surface area contributed by atoms with Gasteiger partial charge in [0.25, 0.3) is 5.91 Å². The predicted molar refractivity (Wildman–Crippen MR) is 114 cm³/mol. The van der Waals surface area contributed by atoms with Gasteiger partial charge in [-0.1, -0.05) is 13.8 Å². The smallest absolute Gasteiger partial charge is 0.271 e. The Morgan fingerprint density at radius 2 is 1.93 bits per heavy atom. The summed E-state index contributed by atoms with van der Waals surface area (Å²) < 4.78 is 0. The predicted octanol–water partition coefficient (Wildman–Crippen LogP) is 3.96. The van der Waals surface area contributed by atoms with Crippen molar-refractivity contribution in [3.63, 3.8) is 0 Å². The number of nitriles is 1. The molecule has 3 rings (SSSR count). The molecule has 1 fully saturated rings. The molecular weight excluding hydrogens is 362 g/mol. The fourth-order valence-corrected chi connectivity index (χ4v) is 3.82. The molecule has 1 aliphatic rings. The van der Waals surface area contributed by atoms with Crippen LogP contribution in [0.2, 0.25) is 0 Å². The minimum atomic E-state index is -0.146. The van der Waals surface area contributed by atoms with Crippen LogP contribution in [0.1, 0.15) is 72.8 Å². The molecule has 0 atom stereocenters. The van der Waals surface area contributed by atoms with E-state index in [-0.39, 0.29) is 11.9 Å². The monoisotopic (exact) mass is 391 g/mol. The second kappa shape index (κ2) is 9.04. The van der Waals surface area contributed by atoms with Crippen molar-refractivity contribution < 1.29 is 4.79 Å². The molecular formula is C23H29N5O. The van der Waals surface area contributed by atoms with E-state index in [1.807, 2.05) is 19.1 Å². The summed E-state index contributed by atoms with van der Waals surface area (Å²) in [6.07, 6.45) is 7.15. The molecule has 0 aliphatic heterocycles. The maximum atomic E-state index is 12.5. The SMILES string of the molecule is Cc1cc(N(C)C2CCC(NC(=O)c3cnc(C(C)C)cn3)CC2)ccc1C#N.